The van der Waals surface area contributed by atoms with Gasteiger partial charge < -0.3 is 15.5 Å². The van der Waals surface area contributed by atoms with Gasteiger partial charge in [0.05, 0.1) is 17.8 Å². The minimum Gasteiger partial charge on any atom is -0.399 e. The van der Waals surface area contributed by atoms with Gasteiger partial charge in [-0.15, -0.1) is 0 Å². The lowest BCUT2D eigenvalue weighted by molar-refractivity contribution is -0.137. The summed E-state index contributed by atoms with van der Waals surface area (Å²) in [5.41, 5.74) is 4.26. The number of carbonyl (C=O) groups excluding carboxylic acids is 1. The van der Waals surface area contributed by atoms with Crippen molar-refractivity contribution in [1.29, 1.82) is 0 Å². The van der Waals surface area contributed by atoms with Gasteiger partial charge in [-0.05, 0) is 32.3 Å². The molecule has 0 heterocycles. The minimum absolute atomic E-state index is 0.00420. The maximum absolute atomic E-state index is 12.9. The summed E-state index contributed by atoms with van der Waals surface area (Å²) in [7, 11) is 4.64. The predicted molar refractivity (Wildman–Crippen MR) is 67.8 cm³/mol. The predicted octanol–water partition coefficient (Wildman–Crippen LogP) is 1.81. The highest BCUT2D eigenvalue weighted by atomic mass is 19.4. The van der Waals surface area contributed by atoms with E-state index >= 15 is 0 Å². The standard InChI is InChI=1S/C12H16F3N3O/c1-17(2)7-11(19)18(3)10-5-4-8(16)6-9(10)12(13,14)15/h4-6H,7,16H2,1-3H3. The maximum Gasteiger partial charge on any atom is 0.418 e. The molecule has 0 aliphatic carbocycles. The highest BCUT2D eigenvalue weighted by Crippen LogP contribution is 2.37. The molecule has 0 unspecified atom stereocenters. The fourth-order valence-corrected chi connectivity index (χ4v) is 1.58. The number of hydrogen-bond acceptors (Lipinski definition) is 3. The van der Waals surface area contributed by atoms with Gasteiger partial charge in [0.25, 0.3) is 0 Å². The summed E-state index contributed by atoms with van der Waals surface area (Å²) in [5.74, 6) is -0.430. The Morgan fingerprint density at radius 1 is 1.26 bits per heavy atom. The summed E-state index contributed by atoms with van der Waals surface area (Å²) >= 11 is 0. The van der Waals surface area contributed by atoms with Crippen molar-refractivity contribution in [2.75, 3.05) is 38.3 Å². The number of hydrogen-bond donors (Lipinski definition) is 1. The zero-order valence-corrected chi connectivity index (χ0v) is 11.0. The molecule has 1 aromatic carbocycles. The number of rotatable bonds is 3. The second kappa shape index (κ2) is 5.48. The first kappa shape index (κ1) is 15.3. The van der Waals surface area contributed by atoms with E-state index in [0.29, 0.717) is 0 Å². The first-order valence-corrected chi connectivity index (χ1v) is 5.51. The maximum atomic E-state index is 12.9. The Morgan fingerprint density at radius 2 is 1.84 bits per heavy atom. The van der Waals surface area contributed by atoms with Gasteiger partial charge in [-0.3, -0.25) is 4.79 Å². The number of carbonyl (C=O) groups is 1. The van der Waals surface area contributed by atoms with E-state index in [0.717, 1.165) is 11.0 Å². The van der Waals surface area contributed by atoms with Gasteiger partial charge in [-0.1, -0.05) is 0 Å². The molecule has 0 radical (unpaired) electrons. The largest absolute Gasteiger partial charge is 0.418 e. The van der Waals surface area contributed by atoms with Crippen molar-refractivity contribution >= 4 is 17.3 Å². The molecule has 0 aliphatic rings. The van der Waals surface area contributed by atoms with Crippen LogP contribution in [0.3, 0.4) is 0 Å². The molecule has 0 bridgehead atoms. The molecule has 0 fully saturated rings. The molecule has 0 saturated heterocycles. The molecule has 7 heteroatoms. The van der Waals surface area contributed by atoms with Crippen molar-refractivity contribution in [3.8, 4) is 0 Å². The van der Waals surface area contributed by atoms with E-state index in [2.05, 4.69) is 0 Å². The summed E-state index contributed by atoms with van der Waals surface area (Å²) < 4.78 is 38.7. The molecule has 106 valence electrons. The highest BCUT2D eigenvalue weighted by molar-refractivity contribution is 5.95. The van der Waals surface area contributed by atoms with Gasteiger partial charge in [-0.25, -0.2) is 0 Å². The normalized spacial score (nSPS) is 11.7. The third-order valence-corrected chi connectivity index (χ3v) is 2.51. The van der Waals surface area contributed by atoms with E-state index in [1.807, 2.05) is 0 Å². The number of benzene rings is 1. The van der Waals surface area contributed by atoms with Crippen LogP contribution in [0.1, 0.15) is 5.56 Å². The highest BCUT2D eigenvalue weighted by Gasteiger charge is 2.35. The molecule has 0 spiro atoms. The summed E-state index contributed by atoms with van der Waals surface area (Å²) in [4.78, 5) is 14.4. The van der Waals surface area contributed by atoms with E-state index in [1.165, 1.54) is 19.2 Å². The average molecular weight is 275 g/mol. The molecular weight excluding hydrogens is 259 g/mol. The monoisotopic (exact) mass is 275 g/mol. The molecule has 1 rings (SSSR count). The van der Waals surface area contributed by atoms with E-state index in [1.54, 1.807) is 19.0 Å². The van der Waals surface area contributed by atoms with Crippen molar-refractivity contribution in [2.45, 2.75) is 6.18 Å². The Kier molecular flexibility index (Phi) is 4.41. The summed E-state index contributed by atoms with van der Waals surface area (Å²) in [6.07, 6.45) is -4.56. The quantitative estimate of drug-likeness (QED) is 0.856. The van der Waals surface area contributed by atoms with Gasteiger partial charge in [0.2, 0.25) is 5.91 Å². The molecule has 2 N–H and O–H groups in total. The Bertz CT molecular complexity index is 472. The van der Waals surface area contributed by atoms with Gasteiger partial charge in [0, 0.05) is 12.7 Å². The topological polar surface area (TPSA) is 49.6 Å². The van der Waals surface area contributed by atoms with Crippen LogP contribution in [0, 0.1) is 0 Å². The van der Waals surface area contributed by atoms with Crippen LogP contribution < -0.4 is 10.6 Å². The lowest BCUT2D eigenvalue weighted by Gasteiger charge is -2.23. The zero-order valence-electron chi connectivity index (χ0n) is 11.0. The van der Waals surface area contributed by atoms with Crippen molar-refractivity contribution in [2.24, 2.45) is 0 Å². The van der Waals surface area contributed by atoms with Gasteiger partial charge in [0.15, 0.2) is 0 Å². The van der Waals surface area contributed by atoms with Crippen LogP contribution in [0.5, 0.6) is 0 Å². The number of anilines is 2. The van der Waals surface area contributed by atoms with Crippen LogP contribution in [0.4, 0.5) is 24.5 Å². The lowest BCUT2D eigenvalue weighted by atomic mass is 10.1. The fourth-order valence-electron chi connectivity index (χ4n) is 1.58. The lowest BCUT2D eigenvalue weighted by Crippen LogP contribution is -2.36. The number of likely N-dealkylation sites (N-methyl/N-ethyl adjacent to an activating group) is 2. The van der Waals surface area contributed by atoms with E-state index < -0.39 is 17.6 Å². The second-order valence-corrected chi connectivity index (χ2v) is 4.46. The number of amides is 1. The molecule has 0 aliphatic heterocycles. The smallest absolute Gasteiger partial charge is 0.399 e. The number of halogens is 3. The SMILES string of the molecule is CN(C)CC(=O)N(C)c1ccc(N)cc1C(F)(F)F. The van der Waals surface area contributed by atoms with Crippen LogP contribution in [0.25, 0.3) is 0 Å². The molecule has 1 aromatic rings. The molecule has 1 amide bonds. The third-order valence-electron chi connectivity index (χ3n) is 2.51. The van der Waals surface area contributed by atoms with Crippen molar-refractivity contribution in [3.63, 3.8) is 0 Å². The first-order chi connectivity index (χ1) is 8.62. The van der Waals surface area contributed by atoms with E-state index in [4.69, 9.17) is 5.73 Å². The van der Waals surface area contributed by atoms with Crippen LogP contribution in [-0.4, -0.2) is 38.5 Å². The second-order valence-electron chi connectivity index (χ2n) is 4.46. The van der Waals surface area contributed by atoms with Gasteiger partial charge >= 0.3 is 6.18 Å². The molecule has 0 aromatic heterocycles. The van der Waals surface area contributed by atoms with E-state index in [9.17, 15) is 18.0 Å². The van der Waals surface area contributed by atoms with Crippen LogP contribution in [-0.2, 0) is 11.0 Å². The molecule has 19 heavy (non-hydrogen) atoms. The zero-order chi connectivity index (χ0) is 14.8. The summed E-state index contributed by atoms with van der Waals surface area (Å²) in [5, 5.41) is 0. The Balaban J connectivity index is 3.16. The Morgan fingerprint density at radius 3 is 2.32 bits per heavy atom. The summed E-state index contributed by atoms with van der Waals surface area (Å²) in [6, 6.07) is 3.37. The molecule has 4 nitrogen and oxygen atoms in total. The number of nitrogens with zero attached hydrogens (tertiary/aromatic N) is 2. The first-order valence-electron chi connectivity index (χ1n) is 5.51. The average Bonchev–Trinajstić information content (AvgIpc) is 2.25. The number of nitrogen functional groups attached to an aromatic ring is 1. The van der Waals surface area contributed by atoms with Crippen LogP contribution in [0.15, 0.2) is 18.2 Å². The van der Waals surface area contributed by atoms with Gasteiger partial charge in [0.1, 0.15) is 0 Å². The third kappa shape index (κ3) is 3.85. The summed E-state index contributed by atoms with van der Waals surface area (Å²) in [6.45, 7) is 0.0260. The van der Waals surface area contributed by atoms with Gasteiger partial charge in [-0.2, -0.15) is 13.2 Å². The Labute approximate surface area is 109 Å². The van der Waals surface area contributed by atoms with Crippen molar-refractivity contribution in [3.05, 3.63) is 23.8 Å². The Hall–Kier alpha value is -1.76. The number of alkyl halides is 3. The van der Waals surface area contributed by atoms with Crippen molar-refractivity contribution in [1.82, 2.24) is 4.90 Å². The van der Waals surface area contributed by atoms with Crippen molar-refractivity contribution < 1.29 is 18.0 Å². The molecular formula is C12H16F3N3O. The molecule has 0 atom stereocenters. The minimum atomic E-state index is -4.56. The fraction of sp³-hybridized carbons (Fsp3) is 0.417. The van der Waals surface area contributed by atoms with Crippen LogP contribution in [0.2, 0.25) is 0 Å². The number of nitrogens with two attached hydrogens (primary N) is 1. The van der Waals surface area contributed by atoms with E-state index in [-0.39, 0.29) is 17.9 Å². The van der Waals surface area contributed by atoms with Crippen LogP contribution >= 0.6 is 0 Å². The molecule has 0 saturated carbocycles.